The van der Waals surface area contributed by atoms with Crippen molar-refractivity contribution in [2.45, 2.75) is 83.1 Å². The van der Waals surface area contributed by atoms with Gasteiger partial charge in [-0.25, -0.2) is 4.79 Å². The maximum Gasteiger partial charge on any atom is 0.315 e. The lowest BCUT2D eigenvalue weighted by Gasteiger charge is -2.16. The summed E-state index contributed by atoms with van der Waals surface area (Å²) in [6.45, 7) is 9.68. The zero-order valence-corrected chi connectivity index (χ0v) is 23.1. The van der Waals surface area contributed by atoms with Crippen molar-refractivity contribution in [1.82, 2.24) is 10.6 Å². The highest BCUT2D eigenvalue weighted by molar-refractivity contribution is 8.00. The second-order valence-corrected chi connectivity index (χ2v) is 11.7. The molecule has 2 saturated heterocycles. The van der Waals surface area contributed by atoms with Gasteiger partial charge in [-0.1, -0.05) is 27.2 Å². The molecule has 0 aliphatic carbocycles. The van der Waals surface area contributed by atoms with Gasteiger partial charge in [0.15, 0.2) is 0 Å². The fourth-order valence-corrected chi connectivity index (χ4v) is 5.65. The Morgan fingerprint density at radius 3 is 2.03 bits per heavy atom. The molecule has 36 heavy (non-hydrogen) atoms. The minimum absolute atomic E-state index is 0.0479. The van der Waals surface area contributed by atoms with Crippen LogP contribution in [0.2, 0.25) is 0 Å². The highest BCUT2D eigenvalue weighted by Crippen LogP contribution is 2.33. The van der Waals surface area contributed by atoms with Crippen molar-refractivity contribution in [3.05, 3.63) is 0 Å². The summed E-state index contributed by atoms with van der Waals surface area (Å²) in [7, 11) is 0. The van der Waals surface area contributed by atoms with Crippen molar-refractivity contribution in [3.63, 3.8) is 0 Å². The van der Waals surface area contributed by atoms with Gasteiger partial charge in [-0.2, -0.15) is 11.8 Å². The number of urea groups is 1. The number of fused-ring (bicyclic) bond motifs is 1. The standard InChI is InChI=1S/C26H46N2O7S/c1-26(2,3)23(30)10-12-33-14-16-35-18-17-34-15-13-32-11-6-8-20(29)7-4-5-9-22-24-21(19-36-22)27-25(31)28-24/h21-22,24H,4-19H2,1-3H3,(H2,27,28,31)/t21-,22-,24-/m1/s1. The normalized spacial score (nSPS) is 21.3. The maximum atomic E-state index is 12.1. The Bertz CT molecular complexity index is 671. The number of Topliss-reactive ketones (excluding diaryl/α,β-unsaturated/α-hetero) is 2. The van der Waals surface area contributed by atoms with E-state index in [4.69, 9.17) is 18.9 Å². The number of ketones is 2. The Kier molecular flexibility index (Phi) is 14.9. The first-order valence-electron chi connectivity index (χ1n) is 13.3. The SMILES string of the molecule is CC(C)(C)C(=O)CCOCCOCCOCCOCCCC(=O)CCCC[C@H]1SC[C@H]2NC(=O)N[C@H]21. The number of nitrogens with one attached hydrogen (secondary N) is 2. The number of carbonyl (C=O) groups excluding carboxylic acids is 3. The van der Waals surface area contributed by atoms with Crippen LogP contribution in [0.1, 0.15) is 65.7 Å². The Morgan fingerprint density at radius 2 is 1.39 bits per heavy atom. The molecule has 0 radical (unpaired) electrons. The number of amides is 2. The number of rotatable bonds is 21. The van der Waals surface area contributed by atoms with E-state index in [1.54, 1.807) is 0 Å². The van der Waals surface area contributed by atoms with Crippen LogP contribution in [-0.2, 0) is 28.5 Å². The third kappa shape index (κ3) is 12.9. The fraction of sp³-hybridized carbons (Fsp3) is 0.885. The van der Waals surface area contributed by atoms with Crippen LogP contribution in [0.15, 0.2) is 0 Å². The van der Waals surface area contributed by atoms with Crippen molar-refractivity contribution < 1.29 is 33.3 Å². The average Bonchev–Trinajstić information content (AvgIpc) is 3.37. The monoisotopic (exact) mass is 530 g/mol. The molecular weight excluding hydrogens is 484 g/mol. The molecule has 0 saturated carbocycles. The molecule has 2 aliphatic rings. The molecule has 0 aromatic carbocycles. The molecule has 0 spiro atoms. The summed E-state index contributed by atoms with van der Waals surface area (Å²) >= 11 is 1.92. The van der Waals surface area contributed by atoms with E-state index in [-0.39, 0.29) is 29.3 Å². The smallest absolute Gasteiger partial charge is 0.315 e. The quantitative estimate of drug-likeness (QED) is 0.172. The van der Waals surface area contributed by atoms with Gasteiger partial charge in [0.05, 0.1) is 58.3 Å². The average molecular weight is 531 g/mol. The second-order valence-electron chi connectivity index (χ2n) is 10.4. The van der Waals surface area contributed by atoms with Gasteiger partial charge in [0.25, 0.3) is 0 Å². The number of carbonyl (C=O) groups is 3. The lowest BCUT2D eigenvalue weighted by atomic mass is 9.89. The Hall–Kier alpha value is -1.20. The van der Waals surface area contributed by atoms with Gasteiger partial charge in [0, 0.05) is 42.3 Å². The molecule has 2 fully saturated rings. The first-order valence-corrected chi connectivity index (χ1v) is 14.4. The van der Waals surface area contributed by atoms with Gasteiger partial charge in [0.1, 0.15) is 11.6 Å². The molecular formula is C26H46N2O7S. The highest BCUT2D eigenvalue weighted by Gasteiger charge is 2.42. The van der Waals surface area contributed by atoms with Crippen molar-refractivity contribution in [2.75, 3.05) is 58.6 Å². The van der Waals surface area contributed by atoms with E-state index in [0.29, 0.717) is 83.2 Å². The van der Waals surface area contributed by atoms with Crippen molar-refractivity contribution in [1.29, 1.82) is 0 Å². The van der Waals surface area contributed by atoms with Crippen LogP contribution in [0.4, 0.5) is 4.79 Å². The number of thioether (sulfide) groups is 1. The van der Waals surface area contributed by atoms with Crippen LogP contribution in [0.5, 0.6) is 0 Å². The van der Waals surface area contributed by atoms with E-state index < -0.39 is 0 Å². The largest absolute Gasteiger partial charge is 0.379 e. The topological polar surface area (TPSA) is 112 Å². The minimum Gasteiger partial charge on any atom is -0.379 e. The zero-order valence-electron chi connectivity index (χ0n) is 22.3. The summed E-state index contributed by atoms with van der Waals surface area (Å²) in [6.07, 6.45) is 5.33. The van der Waals surface area contributed by atoms with Crippen LogP contribution < -0.4 is 10.6 Å². The lowest BCUT2D eigenvalue weighted by molar-refractivity contribution is -0.127. The predicted molar refractivity (Wildman–Crippen MR) is 141 cm³/mol. The Morgan fingerprint density at radius 1 is 0.806 bits per heavy atom. The Labute approximate surface area is 220 Å². The van der Waals surface area contributed by atoms with E-state index in [2.05, 4.69) is 10.6 Å². The lowest BCUT2D eigenvalue weighted by Crippen LogP contribution is -2.36. The van der Waals surface area contributed by atoms with Crippen LogP contribution in [0.25, 0.3) is 0 Å². The van der Waals surface area contributed by atoms with Gasteiger partial charge in [-0.3, -0.25) is 9.59 Å². The summed E-state index contributed by atoms with van der Waals surface area (Å²) in [5, 5.41) is 6.43. The molecule has 3 atom stereocenters. The van der Waals surface area contributed by atoms with E-state index in [1.807, 2.05) is 32.5 Å². The van der Waals surface area contributed by atoms with E-state index in [9.17, 15) is 14.4 Å². The van der Waals surface area contributed by atoms with E-state index in [1.165, 1.54) is 0 Å². The Balaban J connectivity index is 1.27. The second kappa shape index (κ2) is 17.3. The highest BCUT2D eigenvalue weighted by atomic mass is 32.2. The molecule has 0 bridgehead atoms. The number of unbranched alkanes of at least 4 members (excludes halogenated alkanes) is 1. The van der Waals surface area contributed by atoms with Crippen LogP contribution in [0, 0.1) is 5.41 Å². The molecule has 2 N–H and O–H groups in total. The molecule has 0 unspecified atom stereocenters. The van der Waals surface area contributed by atoms with Crippen LogP contribution in [-0.4, -0.2) is 93.5 Å². The molecule has 0 aromatic heterocycles. The number of hydrogen-bond acceptors (Lipinski definition) is 8. The first kappa shape index (κ1) is 31.0. The molecule has 2 aliphatic heterocycles. The van der Waals surface area contributed by atoms with Gasteiger partial charge in [-0.05, 0) is 19.3 Å². The zero-order chi connectivity index (χ0) is 26.2. The molecule has 10 heteroatoms. The first-order chi connectivity index (χ1) is 17.3. The number of ether oxygens (including phenoxy) is 4. The van der Waals surface area contributed by atoms with Crippen molar-refractivity contribution in [2.24, 2.45) is 5.41 Å². The van der Waals surface area contributed by atoms with E-state index >= 15 is 0 Å². The predicted octanol–water partition coefficient (Wildman–Crippen LogP) is 3.13. The third-order valence-electron chi connectivity index (χ3n) is 6.30. The molecule has 0 aromatic rings. The summed E-state index contributed by atoms with van der Waals surface area (Å²) in [5.74, 6) is 1.47. The molecule has 2 rings (SSSR count). The summed E-state index contributed by atoms with van der Waals surface area (Å²) in [6, 6.07) is 0.461. The van der Waals surface area contributed by atoms with E-state index in [0.717, 1.165) is 31.4 Å². The molecule has 208 valence electrons. The molecule has 2 amide bonds. The van der Waals surface area contributed by atoms with Crippen LogP contribution in [0.3, 0.4) is 0 Å². The maximum absolute atomic E-state index is 12.1. The van der Waals surface area contributed by atoms with Gasteiger partial charge < -0.3 is 29.6 Å². The van der Waals surface area contributed by atoms with Crippen molar-refractivity contribution >= 4 is 29.4 Å². The van der Waals surface area contributed by atoms with Gasteiger partial charge in [-0.15, -0.1) is 0 Å². The van der Waals surface area contributed by atoms with Crippen molar-refractivity contribution in [3.8, 4) is 0 Å². The van der Waals surface area contributed by atoms with Gasteiger partial charge >= 0.3 is 6.03 Å². The number of hydrogen-bond donors (Lipinski definition) is 2. The fourth-order valence-electron chi connectivity index (χ4n) is 4.11. The van der Waals surface area contributed by atoms with Gasteiger partial charge in [0.2, 0.25) is 0 Å². The summed E-state index contributed by atoms with van der Waals surface area (Å²) in [5.41, 5.74) is -0.312. The summed E-state index contributed by atoms with van der Waals surface area (Å²) in [4.78, 5) is 35.3. The third-order valence-corrected chi connectivity index (χ3v) is 7.81. The molecule has 2 heterocycles. The molecule has 9 nitrogen and oxygen atoms in total. The summed E-state index contributed by atoms with van der Waals surface area (Å²) < 4.78 is 21.9. The van der Waals surface area contributed by atoms with Crippen LogP contribution >= 0.6 is 11.8 Å². The minimum atomic E-state index is -0.312.